The fourth-order valence-electron chi connectivity index (χ4n) is 2.80. The Morgan fingerprint density at radius 1 is 1.39 bits per heavy atom. The average Bonchev–Trinajstić information content (AvgIpc) is 3.03. The van der Waals surface area contributed by atoms with Crippen molar-refractivity contribution in [3.63, 3.8) is 0 Å². The molecule has 1 aliphatic heterocycles. The standard InChI is InChI=1S/C16H17N5O2/c17-6-3-15(22)21-7-4-12(5-8-21)20-16(23)11-1-2-13-14(9-11)19-10-18-13/h1-2,9-10,12H,3-5,7-8H2,(H,18,19)(H,20,23). The van der Waals surface area contributed by atoms with Gasteiger partial charge in [-0.2, -0.15) is 5.26 Å². The maximum atomic E-state index is 12.3. The molecule has 0 saturated carbocycles. The summed E-state index contributed by atoms with van der Waals surface area (Å²) in [5.74, 6) is -0.259. The minimum atomic E-state index is -0.137. The Kier molecular flexibility index (Phi) is 4.24. The third kappa shape index (κ3) is 3.31. The van der Waals surface area contributed by atoms with Gasteiger partial charge in [-0.3, -0.25) is 9.59 Å². The molecule has 0 radical (unpaired) electrons. The molecular formula is C16H17N5O2. The van der Waals surface area contributed by atoms with Crippen LogP contribution < -0.4 is 5.32 Å². The molecule has 1 aliphatic rings. The van der Waals surface area contributed by atoms with E-state index in [1.807, 2.05) is 12.1 Å². The number of nitrogens with one attached hydrogen (secondary N) is 2. The third-order valence-corrected chi connectivity index (χ3v) is 4.10. The van der Waals surface area contributed by atoms with E-state index in [0.717, 1.165) is 11.0 Å². The van der Waals surface area contributed by atoms with Crippen LogP contribution in [0, 0.1) is 11.3 Å². The predicted octanol–water partition coefficient (Wildman–Crippen LogP) is 1.20. The van der Waals surface area contributed by atoms with Gasteiger partial charge in [0, 0.05) is 24.7 Å². The van der Waals surface area contributed by atoms with Crippen LogP contribution in [-0.4, -0.2) is 45.8 Å². The van der Waals surface area contributed by atoms with Gasteiger partial charge in [0.1, 0.15) is 6.42 Å². The number of rotatable bonds is 3. The second kappa shape index (κ2) is 6.48. The second-order valence-corrected chi connectivity index (χ2v) is 5.60. The Balaban J connectivity index is 1.57. The van der Waals surface area contributed by atoms with Crippen molar-refractivity contribution in [1.82, 2.24) is 20.2 Å². The van der Waals surface area contributed by atoms with Crippen molar-refractivity contribution in [2.45, 2.75) is 25.3 Å². The fraction of sp³-hybridized carbons (Fsp3) is 0.375. The van der Waals surface area contributed by atoms with Crippen molar-refractivity contribution in [1.29, 1.82) is 5.26 Å². The number of likely N-dealkylation sites (tertiary alicyclic amines) is 1. The first-order chi connectivity index (χ1) is 11.2. The molecule has 2 N–H and O–H groups in total. The van der Waals surface area contributed by atoms with Crippen molar-refractivity contribution in [3.8, 4) is 6.07 Å². The van der Waals surface area contributed by atoms with Crippen molar-refractivity contribution < 1.29 is 9.59 Å². The predicted molar refractivity (Wildman–Crippen MR) is 83.4 cm³/mol. The van der Waals surface area contributed by atoms with E-state index in [2.05, 4.69) is 15.3 Å². The third-order valence-electron chi connectivity index (χ3n) is 4.10. The number of aromatic nitrogens is 2. The summed E-state index contributed by atoms with van der Waals surface area (Å²) in [5.41, 5.74) is 2.24. The summed E-state index contributed by atoms with van der Waals surface area (Å²) in [6, 6.07) is 7.26. The highest BCUT2D eigenvalue weighted by molar-refractivity contribution is 5.97. The number of nitrogens with zero attached hydrogens (tertiary/aromatic N) is 3. The van der Waals surface area contributed by atoms with Gasteiger partial charge in [0.25, 0.3) is 5.91 Å². The van der Waals surface area contributed by atoms with E-state index in [9.17, 15) is 9.59 Å². The van der Waals surface area contributed by atoms with Crippen LogP contribution in [0.2, 0.25) is 0 Å². The Bertz CT molecular complexity index is 768. The summed E-state index contributed by atoms with van der Waals surface area (Å²) >= 11 is 0. The zero-order chi connectivity index (χ0) is 16.2. The topological polar surface area (TPSA) is 102 Å². The van der Waals surface area contributed by atoms with Crippen LogP contribution in [0.5, 0.6) is 0 Å². The lowest BCUT2D eigenvalue weighted by Crippen LogP contribution is -2.46. The van der Waals surface area contributed by atoms with Gasteiger partial charge in [-0.15, -0.1) is 0 Å². The largest absolute Gasteiger partial charge is 0.349 e. The number of piperidine rings is 1. The molecule has 23 heavy (non-hydrogen) atoms. The number of carbonyl (C=O) groups is 2. The summed E-state index contributed by atoms with van der Waals surface area (Å²) in [4.78, 5) is 32.8. The smallest absolute Gasteiger partial charge is 0.251 e. The van der Waals surface area contributed by atoms with E-state index >= 15 is 0 Å². The molecule has 0 atom stereocenters. The number of aromatic amines is 1. The molecule has 7 nitrogen and oxygen atoms in total. The molecule has 2 amide bonds. The summed E-state index contributed by atoms with van der Waals surface area (Å²) in [6.07, 6.45) is 2.92. The molecule has 1 fully saturated rings. The van der Waals surface area contributed by atoms with Gasteiger partial charge in [0.2, 0.25) is 5.91 Å². The quantitative estimate of drug-likeness (QED) is 0.889. The Morgan fingerprint density at radius 3 is 2.91 bits per heavy atom. The molecular weight excluding hydrogens is 294 g/mol. The Labute approximate surface area is 133 Å². The molecule has 7 heteroatoms. The lowest BCUT2D eigenvalue weighted by molar-refractivity contribution is -0.131. The molecule has 0 bridgehead atoms. The number of nitriles is 1. The van der Waals surface area contributed by atoms with E-state index in [0.29, 0.717) is 31.5 Å². The van der Waals surface area contributed by atoms with Crippen molar-refractivity contribution in [2.24, 2.45) is 0 Å². The van der Waals surface area contributed by atoms with Crippen LogP contribution in [0.3, 0.4) is 0 Å². The van der Waals surface area contributed by atoms with Crippen molar-refractivity contribution >= 4 is 22.8 Å². The van der Waals surface area contributed by atoms with Gasteiger partial charge in [0.15, 0.2) is 0 Å². The summed E-state index contributed by atoms with van der Waals surface area (Å²) in [7, 11) is 0. The van der Waals surface area contributed by atoms with Crippen molar-refractivity contribution in [2.75, 3.05) is 13.1 Å². The van der Waals surface area contributed by atoms with Gasteiger partial charge in [0.05, 0.1) is 23.4 Å². The zero-order valence-electron chi connectivity index (χ0n) is 12.6. The van der Waals surface area contributed by atoms with E-state index in [4.69, 9.17) is 5.26 Å². The number of imidazole rings is 1. The highest BCUT2D eigenvalue weighted by Gasteiger charge is 2.23. The van der Waals surface area contributed by atoms with E-state index in [-0.39, 0.29) is 24.3 Å². The van der Waals surface area contributed by atoms with Crippen LogP contribution in [0.15, 0.2) is 24.5 Å². The SMILES string of the molecule is N#CCC(=O)N1CCC(NC(=O)c2ccc3nc[nH]c3c2)CC1. The minimum absolute atomic E-state index is 0.0473. The molecule has 1 aromatic heterocycles. The van der Waals surface area contributed by atoms with Crippen LogP contribution in [-0.2, 0) is 4.79 Å². The van der Waals surface area contributed by atoms with Gasteiger partial charge in [-0.1, -0.05) is 0 Å². The lowest BCUT2D eigenvalue weighted by Gasteiger charge is -2.32. The number of benzene rings is 1. The van der Waals surface area contributed by atoms with Gasteiger partial charge < -0.3 is 15.2 Å². The molecule has 3 rings (SSSR count). The molecule has 0 spiro atoms. The maximum Gasteiger partial charge on any atom is 0.251 e. The normalized spacial score (nSPS) is 15.3. The van der Waals surface area contributed by atoms with E-state index in [1.54, 1.807) is 23.4 Å². The minimum Gasteiger partial charge on any atom is -0.349 e. The Morgan fingerprint density at radius 2 is 2.17 bits per heavy atom. The molecule has 0 aliphatic carbocycles. The first-order valence-corrected chi connectivity index (χ1v) is 7.56. The highest BCUT2D eigenvalue weighted by Crippen LogP contribution is 2.14. The van der Waals surface area contributed by atoms with Gasteiger partial charge in [-0.25, -0.2) is 4.98 Å². The molecule has 0 unspecified atom stereocenters. The Hall–Kier alpha value is -2.88. The monoisotopic (exact) mass is 311 g/mol. The lowest BCUT2D eigenvalue weighted by atomic mass is 10.0. The van der Waals surface area contributed by atoms with Crippen molar-refractivity contribution in [3.05, 3.63) is 30.1 Å². The average molecular weight is 311 g/mol. The summed E-state index contributed by atoms with van der Waals surface area (Å²) < 4.78 is 0. The second-order valence-electron chi connectivity index (χ2n) is 5.60. The molecule has 1 saturated heterocycles. The number of hydrogen-bond donors (Lipinski definition) is 2. The number of hydrogen-bond acceptors (Lipinski definition) is 4. The summed E-state index contributed by atoms with van der Waals surface area (Å²) in [6.45, 7) is 1.15. The molecule has 2 aromatic rings. The maximum absolute atomic E-state index is 12.3. The van der Waals surface area contributed by atoms with E-state index in [1.165, 1.54) is 0 Å². The van der Waals surface area contributed by atoms with Crippen LogP contribution in [0.4, 0.5) is 0 Å². The van der Waals surface area contributed by atoms with Crippen LogP contribution >= 0.6 is 0 Å². The summed E-state index contributed by atoms with van der Waals surface area (Å²) in [5, 5.41) is 11.6. The van der Waals surface area contributed by atoms with Gasteiger partial charge >= 0.3 is 0 Å². The fourth-order valence-corrected chi connectivity index (χ4v) is 2.80. The molecule has 118 valence electrons. The highest BCUT2D eigenvalue weighted by atomic mass is 16.2. The van der Waals surface area contributed by atoms with E-state index < -0.39 is 0 Å². The van der Waals surface area contributed by atoms with Crippen LogP contribution in [0.25, 0.3) is 11.0 Å². The number of fused-ring (bicyclic) bond motifs is 1. The zero-order valence-corrected chi connectivity index (χ0v) is 12.6. The molecule has 1 aromatic carbocycles. The number of H-pyrrole nitrogens is 1. The first-order valence-electron chi connectivity index (χ1n) is 7.56. The number of amides is 2. The van der Waals surface area contributed by atoms with Gasteiger partial charge in [-0.05, 0) is 31.0 Å². The molecule has 2 heterocycles. The first kappa shape index (κ1) is 15.0. The van der Waals surface area contributed by atoms with Crippen LogP contribution in [0.1, 0.15) is 29.6 Å². The number of carbonyl (C=O) groups excluding carboxylic acids is 2.